The Morgan fingerprint density at radius 3 is 1.29 bits per heavy atom. The lowest BCUT2D eigenvalue weighted by Crippen LogP contribution is -2.18. The molecule has 0 amide bonds. The lowest BCUT2D eigenvalue weighted by molar-refractivity contribution is -0.792. The fourth-order valence-electron chi connectivity index (χ4n) is 2.55. The van der Waals surface area contributed by atoms with Crippen LogP contribution in [0, 0.1) is 40.5 Å². The maximum Gasteiger partial charge on any atom is 0.295 e. The predicted octanol–water partition coefficient (Wildman–Crippen LogP) is 3.40. The molecule has 2 aromatic rings. The Labute approximate surface area is 196 Å². The lowest BCUT2D eigenvalue weighted by Gasteiger charge is -2.19. The van der Waals surface area contributed by atoms with Crippen LogP contribution in [0.5, 0.6) is 0 Å². The smallest absolute Gasteiger partial charge is 0.295 e. The standard InChI is InChI=1S/C16H14N4O12S2/c21-17(22)29-9-13(31-19(25)26)11-5-1-3-7-15(11)33-34-16-8-4-2-6-12(16)14(32-20(27)28)10-30-18(23)24/h1-8,13-14H,9-10H2. The third-order valence-electron chi connectivity index (χ3n) is 3.84. The highest BCUT2D eigenvalue weighted by Crippen LogP contribution is 2.43. The molecule has 0 aliphatic heterocycles. The van der Waals surface area contributed by atoms with Crippen LogP contribution in [-0.2, 0) is 19.4 Å². The molecule has 0 bridgehead atoms. The molecular formula is C16H14N4O12S2. The zero-order chi connectivity index (χ0) is 25.1. The Morgan fingerprint density at radius 1 is 0.618 bits per heavy atom. The van der Waals surface area contributed by atoms with E-state index in [2.05, 4.69) is 19.4 Å². The predicted molar refractivity (Wildman–Crippen MR) is 112 cm³/mol. The van der Waals surface area contributed by atoms with Crippen molar-refractivity contribution in [3.8, 4) is 0 Å². The summed E-state index contributed by atoms with van der Waals surface area (Å²) in [5.74, 6) is 0. The monoisotopic (exact) mass is 518 g/mol. The van der Waals surface area contributed by atoms with Gasteiger partial charge in [0.1, 0.15) is 13.2 Å². The zero-order valence-electron chi connectivity index (χ0n) is 16.7. The minimum atomic E-state index is -1.42. The van der Waals surface area contributed by atoms with E-state index in [1.807, 2.05) is 0 Å². The van der Waals surface area contributed by atoms with Crippen molar-refractivity contribution < 1.29 is 39.7 Å². The van der Waals surface area contributed by atoms with E-state index < -0.39 is 45.8 Å². The molecule has 0 aliphatic carbocycles. The Hall–Kier alpha value is -4.06. The van der Waals surface area contributed by atoms with Crippen LogP contribution in [0.1, 0.15) is 23.3 Å². The van der Waals surface area contributed by atoms with Gasteiger partial charge >= 0.3 is 0 Å². The summed E-state index contributed by atoms with van der Waals surface area (Å²) in [6, 6.07) is 12.3. The van der Waals surface area contributed by atoms with Gasteiger partial charge in [0, 0.05) is 9.79 Å². The van der Waals surface area contributed by atoms with Crippen LogP contribution in [0.25, 0.3) is 0 Å². The molecule has 0 saturated carbocycles. The molecule has 0 heterocycles. The Morgan fingerprint density at radius 2 is 0.971 bits per heavy atom. The highest BCUT2D eigenvalue weighted by molar-refractivity contribution is 8.76. The molecule has 0 radical (unpaired) electrons. The van der Waals surface area contributed by atoms with Crippen LogP contribution in [-0.4, -0.2) is 33.6 Å². The lowest BCUT2D eigenvalue weighted by atomic mass is 10.1. The average molecular weight is 518 g/mol. The molecule has 2 aromatic carbocycles. The van der Waals surface area contributed by atoms with E-state index >= 15 is 0 Å². The van der Waals surface area contributed by atoms with Crippen molar-refractivity contribution in [2.45, 2.75) is 22.0 Å². The van der Waals surface area contributed by atoms with Gasteiger partial charge in [0.15, 0.2) is 12.2 Å². The van der Waals surface area contributed by atoms with Gasteiger partial charge in [-0.2, -0.15) is 0 Å². The molecule has 18 heteroatoms. The van der Waals surface area contributed by atoms with E-state index in [0.29, 0.717) is 9.79 Å². The summed E-state index contributed by atoms with van der Waals surface area (Å²) < 4.78 is 0. The van der Waals surface area contributed by atoms with Gasteiger partial charge in [-0.05, 0) is 23.3 Å². The van der Waals surface area contributed by atoms with E-state index in [0.717, 1.165) is 21.6 Å². The summed E-state index contributed by atoms with van der Waals surface area (Å²) in [7, 11) is 2.11. The Kier molecular flexibility index (Phi) is 9.90. The fraction of sp³-hybridized carbons (Fsp3) is 0.250. The second-order valence-electron chi connectivity index (χ2n) is 5.92. The molecular weight excluding hydrogens is 504 g/mol. The molecule has 2 rings (SSSR count). The van der Waals surface area contributed by atoms with Crippen molar-refractivity contribution >= 4 is 21.6 Å². The maximum atomic E-state index is 10.9. The van der Waals surface area contributed by atoms with Crippen molar-refractivity contribution in [1.82, 2.24) is 0 Å². The quantitative estimate of drug-likeness (QED) is 0.188. The molecule has 182 valence electrons. The van der Waals surface area contributed by atoms with Crippen LogP contribution < -0.4 is 0 Å². The summed E-state index contributed by atoms with van der Waals surface area (Å²) in [5, 5.41) is 38.3. The Balaban J connectivity index is 2.28. The van der Waals surface area contributed by atoms with Crippen molar-refractivity contribution in [3.05, 3.63) is 100 Å². The molecule has 0 spiro atoms. The second-order valence-corrected chi connectivity index (χ2v) is 8.13. The van der Waals surface area contributed by atoms with Crippen LogP contribution in [0.3, 0.4) is 0 Å². The van der Waals surface area contributed by atoms with Crippen LogP contribution >= 0.6 is 21.6 Å². The first-order chi connectivity index (χ1) is 16.2. The molecule has 0 saturated heterocycles. The zero-order valence-corrected chi connectivity index (χ0v) is 18.3. The first kappa shape index (κ1) is 26.2. The third-order valence-corrected chi connectivity index (χ3v) is 6.36. The summed E-state index contributed by atoms with van der Waals surface area (Å²) >= 11 is 0. The summed E-state index contributed by atoms with van der Waals surface area (Å²) in [6.07, 6.45) is -2.84. The summed E-state index contributed by atoms with van der Waals surface area (Å²) in [4.78, 5) is 61.1. The fourth-order valence-corrected chi connectivity index (χ4v) is 5.04. The van der Waals surface area contributed by atoms with Crippen molar-refractivity contribution in [3.63, 3.8) is 0 Å². The van der Waals surface area contributed by atoms with Gasteiger partial charge in [-0.3, -0.25) is 0 Å². The molecule has 0 fully saturated rings. The minimum absolute atomic E-state index is 0.214. The summed E-state index contributed by atoms with van der Waals surface area (Å²) in [6.45, 7) is -1.49. The average Bonchev–Trinajstić information content (AvgIpc) is 2.78. The van der Waals surface area contributed by atoms with Crippen LogP contribution in [0.2, 0.25) is 0 Å². The van der Waals surface area contributed by atoms with E-state index in [4.69, 9.17) is 0 Å². The number of nitrogens with zero attached hydrogens (tertiary/aromatic N) is 4. The van der Waals surface area contributed by atoms with E-state index in [9.17, 15) is 40.5 Å². The van der Waals surface area contributed by atoms with Gasteiger partial charge in [-0.1, -0.05) is 58.0 Å². The van der Waals surface area contributed by atoms with Crippen LogP contribution in [0.15, 0.2) is 58.3 Å². The van der Waals surface area contributed by atoms with Gasteiger partial charge < -0.3 is 19.4 Å². The van der Waals surface area contributed by atoms with Gasteiger partial charge in [-0.25, -0.2) is 0 Å². The highest BCUT2D eigenvalue weighted by Gasteiger charge is 2.24. The van der Waals surface area contributed by atoms with Gasteiger partial charge in [0.2, 0.25) is 0 Å². The molecule has 2 atom stereocenters. The first-order valence-corrected chi connectivity index (χ1v) is 11.0. The number of hydrogen-bond acceptors (Lipinski definition) is 14. The minimum Gasteiger partial charge on any atom is -0.311 e. The van der Waals surface area contributed by atoms with E-state index in [-0.39, 0.29) is 11.1 Å². The highest BCUT2D eigenvalue weighted by atomic mass is 33.1. The molecule has 34 heavy (non-hydrogen) atoms. The number of rotatable bonds is 15. The SMILES string of the molecule is O=[N+]([O-])OCC(O[N+](=O)[O-])c1ccccc1SSc1ccccc1C(CO[N+](=O)[O-])O[N+](=O)[O-]. The Bertz CT molecular complexity index is 961. The van der Waals surface area contributed by atoms with Crippen LogP contribution in [0.4, 0.5) is 0 Å². The van der Waals surface area contributed by atoms with Crippen molar-refractivity contribution in [2.24, 2.45) is 0 Å². The van der Waals surface area contributed by atoms with E-state index in [1.165, 1.54) is 24.3 Å². The topological polar surface area (TPSA) is 209 Å². The van der Waals surface area contributed by atoms with Gasteiger partial charge in [0.05, 0.1) is 0 Å². The van der Waals surface area contributed by atoms with Gasteiger partial charge in [-0.15, -0.1) is 40.5 Å². The normalized spacial score (nSPS) is 12.1. The largest absolute Gasteiger partial charge is 0.311 e. The first-order valence-electron chi connectivity index (χ1n) is 8.86. The molecule has 0 aromatic heterocycles. The van der Waals surface area contributed by atoms with Gasteiger partial charge in [0.25, 0.3) is 20.3 Å². The molecule has 0 aliphatic rings. The summed E-state index contributed by atoms with van der Waals surface area (Å²) in [5.41, 5.74) is 0.427. The second kappa shape index (κ2) is 12.8. The van der Waals surface area contributed by atoms with Crippen molar-refractivity contribution in [2.75, 3.05) is 13.2 Å². The third kappa shape index (κ3) is 8.47. The number of benzene rings is 2. The van der Waals surface area contributed by atoms with E-state index in [1.54, 1.807) is 24.3 Å². The molecule has 0 N–H and O–H groups in total. The molecule has 2 unspecified atom stereocenters. The maximum absolute atomic E-state index is 10.9. The number of hydrogen-bond donors (Lipinski definition) is 0. The molecule has 16 nitrogen and oxygen atoms in total. The van der Waals surface area contributed by atoms with Crippen molar-refractivity contribution in [1.29, 1.82) is 0 Å².